The highest BCUT2D eigenvalue weighted by Gasteiger charge is 2.06. The van der Waals surface area contributed by atoms with Gasteiger partial charge in [0.2, 0.25) is 0 Å². The molecule has 1 heterocycles. The minimum atomic E-state index is -0.914. The van der Waals surface area contributed by atoms with Crippen molar-refractivity contribution in [3.8, 4) is 5.75 Å². The van der Waals surface area contributed by atoms with Gasteiger partial charge in [0.1, 0.15) is 12.4 Å². The van der Waals surface area contributed by atoms with E-state index in [9.17, 15) is 4.79 Å². The molecular formula is C15H16INO3. The van der Waals surface area contributed by atoms with Crippen LogP contribution in [0.15, 0.2) is 48.8 Å². The molecule has 4 nitrogen and oxygen atoms in total. The standard InChI is InChI=1S/C15H15NO3.HI/c1-12-3-2-4-14(11-12)19-10-9-16-7-5-13(6-8-16)15(17)18;/h2-8,11H,9-10H2,1H3;1H. The lowest BCUT2D eigenvalue weighted by atomic mass is 10.2. The molecule has 0 aliphatic carbocycles. The largest absolute Gasteiger partial charge is 1.00 e. The fourth-order valence-electron chi connectivity index (χ4n) is 1.72. The molecule has 0 saturated carbocycles. The van der Waals surface area contributed by atoms with Gasteiger partial charge in [0.25, 0.3) is 0 Å². The van der Waals surface area contributed by atoms with Gasteiger partial charge in [0.15, 0.2) is 18.9 Å². The third-order valence-electron chi connectivity index (χ3n) is 2.75. The van der Waals surface area contributed by atoms with Gasteiger partial charge in [-0.3, -0.25) is 0 Å². The zero-order valence-electron chi connectivity index (χ0n) is 11.1. The highest BCUT2D eigenvalue weighted by molar-refractivity contribution is 5.87. The van der Waals surface area contributed by atoms with Gasteiger partial charge >= 0.3 is 5.97 Å². The van der Waals surface area contributed by atoms with Crippen LogP contribution in [0.4, 0.5) is 0 Å². The summed E-state index contributed by atoms with van der Waals surface area (Å²) in [6.45, 7) is 3.24. The maximum atomic E-state index is 10.7. The highest BCUT2D eigenvalue weighted by Crippen LogP contribution is 2.11. The Morgan fingerprint density at radius 3 is 2.55 bits per heavy atom. The van der Waals surface area contributed by atoms with Crippen molar-refractivity contribution in [3.63, 3.8) is 0 Å². The summed E-state index contributed by atoms with van der Waals surface area (Å²) in [5, 5.41) is 8.79. The molecular weight excluding hydrogens is 369 g/mol. The third-order valence-corrected chi connectivity index (χ3v) is 2.75. The number of benzene rings is 1. The molecule has 1 aromatic heterocycles. The molecule has 2 rings (SSSR count). The molecule has 1 N–H and O–H groups in total. The lowest BCUT2D eigenvalue weighted by Crippen LogP contribution is -3.00. The van der Waals surface area contributed by atoms with Crippen LogP contribution in [-0.2, 0) is 6.54 Å². The van der Waals surface area contributed by atoms with Crippen molar-refractivity contribution in [1.82, 2.24) is 0 Å². The molecule has 0 fully saturated rings. The van der Waals surface area contributed by atoms with Crippen molar-refractivity contribution in [3.05, 3.63) is 59.9 Å². The monoisotopic (exact) mass is 385 g/mol. The molecule has 0 atom stereocenters. The number of carboxylic acid groups (broad SMARTS) is 1. The highest BCUT2D eigenvalue weighted by atomic mass is 127. The third kappa shape index (κ3) is 4.80. The zero-order valence-corrected chi connectivity index (χ0v) is 13.3. The van der Waals surface area contributed by atoms with Crippen LogP contribution < -0.4 is 33.3 Å². The summed E-state index contributed by atoms with van der Waals surface area (Å²) in [5.74, 6) is -0.0640. The molecule has 0 aliphatic rings. The Morgan fingerprint density at radius 1 is 1.25 bits per heavy atom. The summed E-state index contributed by atoms with van der Waals surface area (Å²) in [5.41, 5.74) is 1.45. The second-order valence-corrected chi connectivity index (χ2v) is 4.29. The number of nitrogens with zero attached hydrogens (tertiary/aromatic N) is 1. The van der Waals surface area contributed by atoms with E-state index in [1.165, 1.54) is 0 Å². The van der Waals surface area contributed by atoms with Crippen LogP contribution in [0.3, 0.4) is 0 Å². The molecule has 0 unspecified atom stereocenters. The lowest BCUT2D eigenvalue weighted by Gasteiger charge is -2.04. The Kier molecular flexibility index (Phi) is 6.44. The molecule has 106 valence electrons. The van der Waals surface area contributed by atoms with Crippen molar-refractivity contribution in [2.24, 2.45) is 0 Å². The van der Waals surface area contributed by atoms with Crippen LogP contribution in [0.1, 0.15) is 15.9 Å². The van der Waals surface area contributed by atoms with Crippen LogP contribution in [-0.4, -0.2) is 17.7 Å². The topological polar surface area (TPSA) is 50.4 Å². The van der Waals surface area contributed by atoms with Gasteiger partial charge in [0.05, 0.1) is 5.56 Å². The lowest BCUT2D eigenvalue weighted by molar-refractivity contribution is -0.697. The number of rotatable bonds is 5. The van der Waals surface area contributed by atoms with E-state index in [4.69, 9.17) is 9.84 Å². The minimum absolute atomic E-state index is 0. The van der Waals surface area contributed by atoms with E-state index in [0.29, 0.717) is 13.2 Å². The van der Waals surface area contributed by atoms with Crippen molar-refractivity contribution < 1.29 is 43.2 Å². The first-order valence-electron chi connectivity index (χ1n) is 6.07. The van der Waals surface area contributed by atoms with Crippen molar-refractivity contribution in [1.29, 1.82) is 0 Å². The normalized spacial score (nSPS) is 9.65. The Bertz CT molecular complexity index is 570. The average molecular weight is 385 g/mol. The van der Waals surface area contributed by atoms with E-state index < -0.39 is 5.97 Å². The van der Waals surface area contributed by atoms with E-state index in [0.717, 1.165) is 11.3 Å². The predicted octanol–water partition coefficient (Wildman–Crippen LogP) is -0.936. The van der Waals surface area contributed by atoms with E-state index in [1.54, 1.807) is 24.5 Å². The fraction of sp³-hybridized carbons (Fsp3) is 0.200. The molecule has 0 saturated heterocycles. The molecule has 0 radical (unpaired) electrons. The second kappa shape index (κ2) is 7.84. The van der Waals surface area contributed by atoms with Gasteiger partial charge in [-0.25, -0.2) is 9.36 Å². The van der Waals surface area contributed by atoms with E-state index in [1.807, 2.05) is 35.8 Å². The molecule has 0 amide bonds. The first kappa shape index (κ1) is 16.4. The number of halogens is 1. The Balaban J connectivity index is 0.00000200. The number of hydrogen-bond acceptors (Lipinski definition) is 2. The molecule has 5 heteroatoms. The summed E-state index contributed by atoms with van der Waals surface area (Å²) in [4.78, 5) is 10.7. The van der Waals surface area contributed by atoms with Crippen LogP contribution in [0.25, 0.3) is 0 Å². The smallest absolute Gasteiger partial charge is 0.336 e. The van der Waals surface area contributed by atoms with Crippen molar-refractivity contribution in [2.45, 2.75) is 13.5 Å². The number of carbonyl (C=O) groups is 1. The van der Waals surface area contributed by atoms with Gasteiger partial charge in [0, 0.05) is 12.1 Å². The van der Waals surface area contributed by atoms with Crippen LogP contribution >= 0.6 is 0 Å². The van der Waals surface area contributed by atoms with Gasteiger partial charge in [-0.1, -0.05) is 12.1 Å². The molecule has 2 aromatic rings. The zero-order chi connectivity index (χ0) is 13.7. The van der Waals surface area contributed by atoms with Gasteiger partial charge in [-0.15, -0.1) is 0 Å². The molecule has 0 aliphatic heterocycles. The number of hydrogen-bond donors (Lipinski definition) is 1. The number of aromatic carboxylic acids is 1. The Labute approximate surface area is 135 Å². The summed E-state index contributed by atoms with van der Waals surface area (Å²) in [6, 6.07) is 11.0. The van der Waals surface area contributed by atoms with Crippen LogP contribution in [0.2, 0.25) is 0 Å². The average Bonchev–Trinajstić information content (AvgIpc) is 2.39. The first-order chi connectivity index (χ1) is 9.15. The number of pyridine rings is 1. The maximum absolute atomic E-state index is 10.7. The summed E-state index contributed by atoms with van der Waals surface area (Å²) in [6.07, 6.45) is 3.48. The Morgan fingerprint density at radius 2 is 1.95 bits per heavy atom. The number of aryl methyl sites for hydroxylation is 1. The summed E-state index contributed by atoms with van der Waals surface area (Å²) >= 11 is 0. The van der Waals surface area contributed by atoms with Crippen molar-refractivity contribution >= 4 is 5.97 Å². The summed E-state index contributed by atoms with van der Waals surface area (Å²) < 4.78 is 7.52. The molecule has 20 heavy (non-hydrogen) atoms. The van der Waals surface area contributed by atoms with Crippen molar-refractivity contribution in [2.75, 3.05) is 6.61 Å². The molecule has 1 aromatic carbocycles. The Hall–Kier alpha value is -1.63. The second-order valence-electron chi connectivity index (χ2n) is 4.29. The molecule has 0 spiro atoms. The van der Waals surface area contributed by atoms with Crippen LogP contribution in [0, 0.1) is 6.92 Å². The minimum Gasteiger partial charge on any atom is -1.00 e. The molecule has 0 bridgehead atoms. The van der Waals surface area contributed by atoms with Gasteiger partial charge in [-0.05, 0) is 24.6 Å². The summed E-state index contributed by atoms with van der Waals surface area (Å²) in [7, 11) is 0. The number of carboxylic acids is 1. The van der Waals surface area contributed by atoms with E-state index in [-0.39, 0.29) is 29.5 Å². The van der Waals surface area contributed by atoms with Gasteiger partial charge in [-0.2, -0.15) is 0 Å². The fourth-order valence-corrected chi connectivity index (χ4v) is 1.72. The first-order valence-corrected chi connectivity index (χ1v) is 6.07. The van der Waals surface area contributed by atoms with E-state index >= 15 is 0 Å². The number of aromatic nitrogens is 1. The van der Waals surface area contributed by atoms with Gasteiger partial charge < -0.3 is 33.8 Å². The maximum Gasteiger partial charge on any atom is 0.336 e. The quantitative estimate of drug-likeness (QED) is 0.535. The van der Waals surface area contributed by atoms with E-state index in [2.05, 4.69) is 0 Å². The predicted molar refractivity (Wildman–Crippen MR) is 70.3 cm³/mol. The SMILES string of the molecule is Cc1cccc(OCC[n+]2ccc(C(=O)O)cc2)c1.[I-]. The van der Waals surface area contributed by atoms with Crippen LogP contribution in [0.5, 0.6) is 5.75 Å². The number of ether oxygens (including phenoxy) is 1.